The van der Waals surface area contributed by atoms with Gasteiger partial charge in [-0.1, -0.05) is 60.7 Å². The van der Waals surface area contributed by atoms with Crippen molar-refractivity contribution in [3.63, 3.8) is 0 Å². The second-order valence-corrected chi connectivity index (χ2v) is 7.21. The molecule has 0 bridgehead atoms. The number of hydrogen-bond donors (Lipinski definition) is 0. The van der Waals surface area contributed by atoms with E-state index in [4.69, 9.17) is 23.1 Å². The zero-order valence-corrected chi connectivity index (χ0v) is 17.2. The molecule has 0 aliphatic heterocycles. The maximum Gasteiger partial charge on any atom is 0.368 e. The number of para-hydroxylation sites is 1. The third kappa shape index (κ3) is 6.42. The first-order valence-electron chi connectivity index (χ1n) is 9.17. The van der Waals surface area contributed by atoms with Gasteiger partial charge in [0.05, 0.1) is 22.6 Å². The Morgan fingerprint density at radius 1 is 0.625 bits per heavy atom. The van der Waals surface area contributed by atoms with Crippen LogP contribution in [0.15, 0.2) is 101 Å². The molecule has 9 heteroatoms. The minimum absolute atomic E-state index is 0.0190. The summed E-state index contributed by atoms with van der Waals surface area (Å²) in [5, 5.41) is 11.5. The normalized spacial score (nSPS) is 10.8. The highest BCUT2D eigenvalue weighted by molar-refractivity contribution is 5.77. The Labute approximate surface area is 185 Å². The second kappa shape index (κ2) is 10.1. The highest BCUT2D eigenvalue weighted by atomic mass is 35.7. The van der Waals surface area contributed by atoms with E-state index >= 15 is 0 Å². The Bertz CT molecular complexity index is 1130. The molecule has 32 heavy (non-hydrogen) atoms. The first kappa shape index (κ1) is 23.0. The van der Waals surface area contributed by atoms with Crippen LogP contribution >= 0.6 is 0 Å². The average Bonchev–Trinajstić information content (AvgIpc) is 2.79. The number of hydrogen-bond acceptors (Lipinski definition) is 6. The zero-order valence-electron chi connectivity index (χ0n) is 16.4. The summed E-state index contributed by atoms with van der Waals surface area (Å²) in [7, 11) is -4.94. The van der Waals surface area contributed by atoms with Gasteiger partial charge in [-0.25, -0.2) is 23.1 Å². The smallest absolute Gasteiger partial charge is 0.258 e. The lowest BCUT2D eigenvalue weighted by molar-refractivity contribution is -2.00. The zero-order chi connectivity index (χ0) is 23.1. The highest BCUT2D eigenvalue weighted by Gasteiger charge is 2.26. The number of halogens is 1. The van der Waals surface area contributed by atoms with Crippen LogP contribution in [-0.4, -0.2) is 4.92 Å². The molecule has 8 nitrogen and oxygen atoms in total. The Balaban J connectivity index is 0.000000523. The number of nitro benzene ring substituents is 1. The van der Waals surface area contributed by atoms with Gasteiger partial charge in [-0.2, -0.15) is 0 Å². The third-order valence-electron chi connectivity index (χ3n) is 4.32. The van der Waals surface area contributed by atoms with Gasteiger partial charge in [-0.05, 0) is 23.8 Å². The SMILES string of the molecule is O=[N+]([O-])c1ccccc1-c1cc(-c2ccccc2)cc(-c2ccccc2)[o+]1.[O-][Cl+3]([O-])([O-])[O-]. The van der Waals surface area contributed by atoms with E-state index < -0.39 is 10.2 Å². The number of nitro groups is 1. The van der Waals surface area contributed by atoms with Crippen LogP contribution in [0.5, 0.6) is 0 Å². The summed E-state index contributed by atoms with van der Waals surface area (Å²) in [6.45, 7) is 0. The van der Waals surface area contributed by atoms with Gasteiger partial charge in [0.25, 0.3) is 5.69 Å². The Morgan fingerprint density at radius 3 is 1.66 bits per heavy atom. The van der Waals surface area contributed by atoms with Crippen LogP contribution in [0, 0.1) is 20.4 Å². The van der Waals surface area contributed by atoms with Crippen molar-refractivity contribution in [1.29, 1.82) is 0 Å². The van der Waals surface area contributed by atoms with Crippen molar-refractivity contribution >= 4 is 5.69 Å². The molecule has 0 aliphatic carbocycles. The van der Waals surface area contributed by atoms with Crippen LogP contribution in [0.1, 0.15) is 0 Å². The van der Waals surface area contributed by atoms with Crippen molar-refractivity contribution in [3.05, 3.63) is 107 Å². The molecule has 0 atom stereocenters. The van der Waals surface area contributed by atoms with E-state index in [2.05, 4.69) is 0 Å². The molecule has 0 saturated carbocycles. The van der Waals surface area contributed by atoms with E-state index in [-0.39, 0.29) is 10.6 Å². The standard InChI is InChI=1S/C23H16NO3.ClHO4/c25-24(26)21-14-8-7-13-20(21)23-16-19(17-9-3-1-4-10-17)15-22(27-23)18-11-5-2-6-12-18;2-1(3,4)5/h1-16H;(H,2,3,4,5)/q+1;/p-1. The Morgan fingerprint density at radius 2 is 1.09 bits per heavy atom. The lowest BCUT2D eigenvalue weighted by Crippen LogP contribution is -2.68. The predicted octanol–water partition coefficient (Wildman–Crippen LogP) is 1.71. The number of nitrogens with zero attached hydrogens (tertiary/aromatic N) is 1. The van der Waals surface area contributed by atoms with E-state index in [0.717, 1.165) is 16.7 Å². The maximum atomic E-state index is 11.5. The molecule has 3 aromatic carbocycles. The third-order valence-corrected chi connectivity index (χ3v) is 4.32. The van der Waals surface area contributed by atoms with E-state index in [1.807, 2.05) is 72.8 Å². The summed E-state index contributed by atoms with van der Waals surface area (Å²) < 4.78 is 40.1. The van der Waals surface area contributed by atoms with Crippen molar-refractivity contribution in [2.24, 2.45) is 0 Å². The van der Waals surface area contributed by atoms with Crippen molar-refractivity contribution < 1.29 is 38.2 Å². The van der Waals surface area contributed by atoms with Crippen LogP contribution in [0.2, 0.25) is 0 Å². The summed E-state index contributed by atoms with van der Waals surface area (Å²) in [6.07, 6.45) is 0. The van der Waals surface area contributed by atoms with Gasteiger partial charge in [0.1, 0.15) is 0 Å². The van der Waals surface area contributed by atoms with E-state index in [1.54, 1.807) is 18.2 Å². The van der Waals surface area contributed by atoms with Crippen LogP contribution in [0.4, 0.5) is 5.69 Å². The fourth-order valence-electron chi connectivity index (χ4n) is 3.02. The Kier molecular flexibility index (Phi) is 7.26. The minimum atomic E-state index is -4.94. The summed E-state index contributed by atoms with van der Waals surface area (Å²) >= 11 is 0. The average molecular weight is 454 g/mol. The van der Waals surface area contributed by atoms with Gasteiger partial charge in [0.15, 0.2) is 5.56 Å². The fraction of sp³-hybridized carbons (Fsp3) is 0. The lowest BCUT2D eigenvalue weighted by Gasteiger charge is -2.17. The first-order valence-corrected chi connectivity index (χ1v) is 10.4. The predicted molar refractivity (Wildman–Crippen MR) is 106 cm³/mol. The second-order valence-electron chi connectivity index (χ2n) is 6.46. The van der Waals surface area contributed by atoms with E-state index in [9.17, 15) is 10.1 Å². The van der Waals surface area contributed by atoms with Crippen molar-refractivity contribution in [2.45, 2.75) is 0 Å². The van der Waals surface area contributed by atoms with Crippen LogP contribution in [0.3, 0.4) is 0 Å². The van der Waals surface area contributed by atoms with E-state index in [1.165, 1.54) is 6.07 Å². The van der Waals surface area contributed by atoms with Crippen molar-refractivity contribution in [3.8, 4) is 33.8 Å². The summed E-state index contributed by atoms with van der Waals surface area (Å²) in [4.78, 5) is 11.1. The molecule has 4 aromatic rings. The summed E-state index contributed by atoms with van der Waals surface area (Å²) in [5.74, 6) is 1.12. The molecule has 4 rings (SSSR count). The first-order chi connectivity index (χ1) is 15.2. The van der Waals surface area contributed by atoms with Crippen molar-refractivity contribution in [1.82, 2.24) is 0 Å². The number of benzene rings is 3. The van der Waals surface area contributed by atoms with Gasteiger partial charge in [0.2, 0.25) is 0 Å². The molecule has 0 aliphatic rings. The number of rotatable bonds is 4. The van der Waals surface area contributed by atoms with Gasteiger partial charge in [-0.3, -0.25) is 10.1 Å². The minimum Gasteiger partial charge on any atom is -0.258 e. The van der Waals surface area contributed by atoms with Crippen LogP contribution in [-0.2, 0) is 0 Å². The van der Waals surface area contributed by atoms with Gasteiger partial charge in [-0.15, -0.1) is 10.2 Å². The summed E-state index contributed by atoms with van der Waals surface area (Å²) in [6, 6.07) is 30.1. The molecule has 1 heterocycles. The molecule has 0 saturated heterocycles. The summed E-state index contributed by atoms with van der Waals surface area (Å²) in [5.41, 5.74) is 3.34. The van der Waals surface area contributed by atoms with Gasteiger partial charge >= 0.3 is 11.5 Å². The van der Waals surface area contributed by atoms with Crippen molar-refractivity contribution in [2.75, 3.05) is 0 Å². The monoisotopic (exact) mass is 453 g/mol. The molecule has 0 fully saturated rings. The van der Waals surface area contributed by atoms with Crippen LogP contribution < -0.4 is 18.6 Å². The maximum absolute atomic E-state index is 11.5. The largest absolute Gasteiger partial charge is 0.368 e. The highest BCUT2D eigenvalue weighted by Crippen LogP contribution is 2.36. The molecule has 1 aromatic heterocycles. The molecule has 0 unspecified atom stereocenters. The fourth-order valence-corrected chi connectivity index (χ4v) is 3.02. The van der Waals surface area contributed by atoms with Gasteiger partial charge < -0.3 is 0 Å². The van der Waals surface area contributed by atoms with E-state index in [0.29, 0.717) is 17.1 Å². The molecule has 0 N–H and O–H groups in total. The topological polar surface area (TPSA) is 147 Å². The quantitative estimate of drug-likeness (QED) is 0.259. The molecule has 0 radical (unpaired) electrons. The molecule has 0 amide bonds. The molecular weight excluding hydrogens is 438 g/mol. The molecule has 162 valence electrons. The molecule has 0 spiro atoms. The molecular formula is C23H16ClNO7. The Hall–Kier alpha value is -3.66. The lowest BCUT2D eigenvalue weighted by atomic mass is 10.0. The van der Waals surface area contributed by atoms with Crippen LogP contribution in [0.25, 0.3) is 33.8 Å². The van der Waals surface area contributed by atoms with Gasteiger partial charge in [0, 0.05) is 11.6 Å².